The monoisotopic (exact) mass is 177 g/mol. The summed E-state index contributed by atoms with van der Waals surface area (Å²) in [6.07, 6.45) is 0. The molecular weight excluding hydrogens is 166 g/mol. The molecule has 8 heavy (non-hydrogen) atoms. The molecule has 0 unspecified atom stereocenters. The van der Waals surface area contributed by atoms with E-state index in [1.54, 1.807) is 0 Å². The van der Waals surface area contributed by atoms with Crippen LogP contribution in [0.2, 0.25) is 0 Å². The van der Waals surface area contributed by atoms with Gasteiger partial charge in [0.1, 0.15) is 6.54 Å². The van der Waals surface area contributed by atoms with E-state index < -0.39 is 0 Å². The van der Waals surface area contributed by atoms with Crippen LogP contribution in [0, 0.1) is 11.8 Å². The van der Waals surface area contributed by atoms with Crippen LogP contribution < -0.4 is 21.9 Å². The van der Waals surface area contributed by atoms with Gasteiger partial charge in [0.25, 0.3) is 0 Å². The minimum absolute atomic E-state index is 0. The lowest BCUT2D eigenvalue weighted by Gasteiger charge is -1.97. The van der Waals surface area contributed by atoms with Crippen LogP contribution in [0.3, 0.4) is 0 Å². The Morgan fingerprint density at radius 1 is 1.38 bits per heavy atom. The summed E-state index contributed by atoms with van der Waals surface area (Å²) in [6, 6.07) is 0. The molecule has 1 N–H and O–H groups in total. The number of hydrogen-bond donors (Lipinski definition) is 1. The lowest BCUT2D eigenvalue weighted by atomic mass is 10.6. The number of nitrogens with one attached hydrogen (secondary N) is 1. The first-order valence-electron chi connectivity index (χ1n) is 2.46. The van der Waals surface area contributed by atoms with Crippen molar-refractivity contribution in [3.05, 3.63) is 0 Å². The molecule has 0 spiro atoms. The zero-order valence-corrected chi connectivity index (χ0v) is 7.17. The van der Waals surface area contributed by atoms with Crippen molar-refractivity contribution in [2.24, 2.45) is 0 Å². The minimum atomic E-state index is 0. The van der Waals surface area contributed by atoms with E-state index in [9.17, 15) is 0 Å². The van der Waals surface area contributed by atoms with E-state index in [1.807, 2.05) is 6.92 Å². The van der Waals surface area contributed by atoms with Crippen LogP contribution in [0.5, 0.6) is 0 Å². The van der Waals surface area contributed by atoms with Gasteiger partial charge in [0.05, 0.1) is 14.1 Å². The molecule has 0 saturated heterocycles. The Morgan fingerprint density at radius 2 is 1.88 bits per heavy atom. The van der Waals surface area contributed by atoms with Crippen molar-refractivity contribution in [2.75, 3.05) is 20.6 Å². The molecule has 0 radical (unpaired) electrons. The fraction of sp³-hybridized carbons (Fsp3) is 0.667. The first-order valence-corrected chi connectivity index (χ1v) is 2.46. The topological polar surface area (TPSA) is 4.44 Å². The summed E-state index contributed by atoms with van der Waals surface area (Å²) in [6.45, 7) is 2.82. The van der Waals surface area contributed by atoms with Gasteiger partial charge < -0.3 is 21.9 Å². The van der Waals surface area contributed by atoms with Gasteiger partial charge >= 0.3 is 0 Å². The second kappa shape index (κ2) is 7.00. The summed E-state index contributed by atoms with van der Waals surface area (Å²) in [7, 11) is 4.18. The average Bonchev–Trinajstić information content (AvgIpc) is 1.61. The third-order valence-corrected chi connectivity index (χ3v) is 0.619. The van der Waals surface area contributed by atoms with Crippen LogP contribution in [0.15, 0.2) is 0 Å². The van der Waals surface area contributed by atoms with E-state index in [0.29, 0.717) is 0 Å². The zero-order valence-electron chi connectivity index (χ0n) is 5.59. The van der Waals surface area contributed by atoms with Crippen LogP contribution in [-0.4, -0.2) is 20.6 Å². The average molecular weight is 178 g/mol. The highest BCUT2D eigenvalue weighted by atomic mass is 79.9. The van der Waals surface area contributed by atoms with Crippen molar-refractivity contribution in [1.29, 1.82) is 0 Å². The third kappa shape index (κ3) is 9.38. The Labute approximate surface area is 61.8 Å². The summed E-state index contributed by atoms with van der Waals surface area (Å²) in [4.78, 5) is 1.38. The number of halogens is 1. The van der Waals surface area contributed by atoms with Crippen LogP contribution in [-0.2, 0) is 0 Å². The largest absolute Gasteiger partial charge is 1.00 e. The highest BCUT2D eigenvalue weighted by Crippen LogP contribution is 1.41. The molecule has 2 heteroatoms. The van der Waals surface area contributed by atoms with Gasteiger partial charge in [0, 0.05) is 0 Å². The normalized spacial score (nSPS) is 7.00. The summed E-state index contributed by atoms with van der Waals surface area (Å²) < 4.78 is 0. The van der Waals surface area contributed by atoms with Crippen LogP contribution >= 0.6 is 0 Å². The Bertz CT molecular complexity index is 88.4. The highest BCUT2D eigenvalue weighted by molar-refractivity contribution is 4.93. The van der Waals surface area contributed by atoms with E-state index >= 15 is 0 Å². The quantitative estimate of drug-likeness (QED) is 0.392. The Hall–Kier alpha value is 0. The van der Waals surface area contributed by atoms with Crippen molar-refractivity contribution >= 4 is 0 Å². The van der Waals surface area contributed by atoms with Crippen LogP contribution in [0.25, 0.3) is 0 Å². The second-order valence-corrected chi connectivity index (χ2v) is 1.81. The molecule has 0 atom stereocenters. The summed E-state index contributed by atoms with van der Waals surface area (Å²) in [5.41, 5.74) is 0. The molecule has 0 aliphatic rings. The maximum atomic E-state index is 2.96. The first kappa shape index (κ1) is 10.9. The lowest BCUT2D eigenvalue weighted by molar-refractivity contribution is -0.850. The second-order valence-electron chi connectivity index (χ2n) is 1.81. The molecule has 0 aromatic heterocycles. The van der Waals surface area contributed by atoms with Crippen molar-refractivity contribution in [3.63, 3.8) is 0 Å². The van der Waals surface area contributed by atoms with Gasteiger partial charge in [-0.3, -0.25) is 0 Å². The summed E-state index contributed by atoms with van der Waals surface area (Å²) in [5, 5.41) is 0. The Kier molecular flexibility index (Phi) is 9.53. The predicted molar refractivity (Wildman–Crippen MR) is 31.1 cm³/mol. The molecule has 0 aromatic carbocycles. The number of rotatable bonds is 1. The fourth-order valence-corrected chi connectivity index (χ4v) is 0.265. The Morgan fingerprint density at radius 3 is 2.00 bits per heavy atom. The van der Waals surface area contributed by atoms with Crippen molar-refractivity contribution in [1.82, 2.24) is 0 Å². The van der Waals surface area contributed by atoms with E-state index in [1.165, 1.54) is 4.90 Å². The van der Waals surface area contributed by atoms with Gasteiger partial charge in [-0.25, -0.2) is 0 Å². The third-order valence-electron chi connectivity index (χ3n) is 0.619. The van der Waals surface area contributed by atoms with Gasteiger partial charge in [0.15, 0.2) is 0 Å². The van der Waals surface area contributed by atoms with Crippen LogP contribution in [0.4, 0.5) is 0 Å². The van der Waals surface area contributed by atoms with Crippen molar-refractivity contribution in [2.45, 2.75) is 6.92 Å². The summed E-state index contributed by atoms with van der Waals surface area (Å²) in [5.74, 6) is 5.79. The molecule has 0 saturated carbocycles. The minimum Gasteiger partial charge on any atom is -1.00 e. The van der Waals surface area contributed by atoms with Crippen molar-refractivity contribution in [3.8, 4) is 11.8 Å². The lowest BCUT2D eigenvalue weighted by Crippen LogP contribution is -3.05. The van der Waals surface area contributed by atoms with Gasteiger partial charge in [-0.1, -0.05) is 0 Å². The standard InChI is InChI=1S/C6H11N.BrH/c1-4-5-6-7(2)3;/h6H2,1-3H3;1H. The maximum Gasteiger partial charge on any atom is 0.138 e. The smallest absolute Gasteiger partial charge is 0.138 e. The van der Waals surface area contributed by atoms with Gasteiger partial charge in [-0.2, -0.15) is 0 Å². The van der Waals surface area contributed by atoms with Crippen LogP contribution in [0.1, 0.15) is 6.92 Å². The molecule has 0 fully saturated rings. The molecule has 0 aliphatic carbocycles. The maximum absolute atomic E-state index is 2.96. The van der Waals surface area contributed by atoms with Crippen molar-refractivity contribution < 1.29 is 21.9 Å². The molecule has 0 bridgehead atoms. The van der Waals surface area contributed by atoms with Gasteiger partial charge in [-0.15, -0.1) is 5.92 Å². The molecule has 0 rings (SSSR count). The highest BCUT2D eigenvalue weighted by Gasteiger charge is 1.80. The molecular formula is C6H12BrN. The molecule has 0 aliphatic heterocycles. The molecule has 0 amide bonds. The molecule has 48 valence electrons. The van der Waals surface area contributed by atoms with E-state index in [4.69, 9.17) is 0 Å². The molecule has 0 heterocycles. The number of hydrogen-bond acceptors (Lipinski definition) is 0. The Balaban J connectivity index is 0. The summed E-state index contributed by atoms with van der Waals surface area (Å²) >= 11 is 0. The fourth-order valence-electron chi connectivity index (χ4n) is 0.265. The predicted octanol–water partition coefficient (Wildman–Crippen LogP) is -3.84. The van der Waals surface area contributed by atoms with E-state index in [2.05, 4.69) is 25.9 Å². The molecule has 0 aromatic rings. The first-order chi connectivity index (χ1) is 3.27. The van der Waals surface area contributed by atoms with Gasteiger partial charge in [0.2, 0.25) is 0 Å². The number of quaternary nitrogens is 1. The molecule has 1 nitrogen and oxygen atoms in total. The zero-order chi connectivity index (χ0) is 5.70. The SMILES string of the molecule is CC#CC[NH+](C)C.[Br-]. The van der Waals surface area contributed by atoms with E-state index in [0.717, 1.165) is 6.54 Å². The van der Waals surface area contributed by atoms with E-state index in [-0.39, 0.29) is 17.0 Å². The van der Waals surface area contributed by atoms with Gasteiger partial charge in [-0.05, 0) is 12.8 Å².